The van der Waals surface area contributed by atoms with E-state index in [4.69, 9.17) is 4.74 Å². The lowest BCUT2D eigenvalue weighted by molar-refractivity contribution is 0.0693. The van der Waals surface area contributed by atoms with E-state index in [2.05, 4.69) is 4.90 Å². The zero-order valence-electron chi connectivity index (χ0n) is 12.4. The summed E-state index contributed by atoms with van der Waals surface area (Å²) in [6.07, 6.45) is 6.86. The topological polar surface area (TPSA) is 29.5 Å². The third-order valence-electron chi connectivity index (χ3n) is 4.63. The Balaban J connectivity index is 1.85. The van der Waals surface area contributed by atoms with Crippen molar-refractivity contribution in [2.75, 3.05) is 14.1 Å². The average molecular weight is 273 g/mol. The lowest BCUT2D eigenvalue weighted by Gasteiger charge is -2.34. The van der Waals surface area contributed by atoms with Crippen molar-refractivity contribution < 1.29 is 9.53 Å². The minimum atomic E-state index is -0.307. The summed E-state index contributed by atoms with van der Waals surface area (Å²) in [6.45, 7) is 0. The van der Waals surface area contributed by atoms with Crippen LogP contribution in [0.5, 0.6) is 5.75 Å². The zero-order valence-corrected chi connectivity index (χ0v) is 12.4. The van der Waals surface area contributed by atoms with Crippen LogP contribution in [0.4, 0.5) is 0 Å². The molecule has 0 saturated heterocycles. The molecule has 0 heterocycles. The second-order valence-corrected chi connectivity index (χ2v) is 6.31. The average Bonchev–Trinajstić information content (AvgIpc) is 3.10. The Hall–Kier alpha value is -1.35. The standard InChI is InChI=1S/C17H23NO2/c1-18(2)17(10-3-4-11-17)16(19)13-6-5-7-15(12-13)20-14-8-9-14/h5-7,12,14H,3-4,8-11H2,1-2H3. The van der Waals surface area contributed by atoms with E-state index >= 15 is 0 Å². The normalized spacial score (nSPS) is 21.1. The van der Waals surface area contributed by atoms with Gasteiger partial charge in [-0.25, -0.2) is 0 Å². The van der Waals surface area contributed by atoms with E-state index in [1.54, 1.807) is 0 Å². The Bertz CT molecular complexity index is 499. The molecule has 1 aromatic carbocycles. The van der Waals surface area contributed by atoms with Crippen LogP contribution in [0, 0.1) is 0 Å². The van der Waals surface area contributed by atoms with Crippen LogP contribution in [0.25, 0.3) is 0 Å². The quantitative estimate of drug-likeness (QED) is 0.771. The largest absolute Gasteiger partial charge is 0.490 e. The molecule has 3 nitrogen and oxygen atoms in total. The number of Topliss-reactive ketones (excluding diaryl/α,β-unsaturated/α-hetero) is 1. The molecule has 108 valence electrons. The van der Waals surface area contributed by atoms with Crippen LogP contribution >= 0.6 is 0 Å². The van der Waals surface area contributed by atoms with Gasteiger partial charge in [0.25, 0.3) is 0 Å². The molecule has 0 radical (unpaired) electrons. The summed E-state index contributed by atoms with van der Waals surface area (Å²) >= 11 is 0. The van der Waals surface area contributed by atoms with Gasteiger partial charge in [0, 0.05) is 5.56 Å². The summed E-state index contributed by atoms with van der Waals surface area (Å²) in [7, 11) is 4.04. The molecule has 0 atom stereocenters. The Kier molecular flexibility index (Phi) is 3.55. The number of likely N-dealkylation sites (N-methyl/N-ethyl adjacent to an activating group) is 1. The van der Waals surface area contributed by atoms with Gasteiger partial charge >= 0.3 is 0 Å². The Morgan fingerprint density at radius 3 is 2.55 bits per heavy atom. The van der Waals surface area contributed by atoms with Crippen molar-refractivity contribution in [3.63, 3.8) is 0 Å². The number of carbonyl (C=O) groups excluding carboxylic acids is 1. The molecule has 0 amide bonds. The highest BCUT2D eigenvalue weighted by Gasteiger charge is 2.43. The van der Waals surface area contributed by atoms with Gasteiger partial charge in [-0.3, -0.25) is 9.69 Å². The second kappa shape index (κ2) is 5.21. The lowest BCUT2D eigenvalue weighted by atomic mass is 9.86. The predicted molar refractivity (Wildman–Crippen MR) is 79.3 cm³/mol. The molecule has 0 aliphatic heterocycles. The summed E-state index contributed by atoms with van der Waals surface area (Å²) < 4.78 is 5.81. The third-order valence-corrected chi connectivity index (χ3v) is 4.63. The van der Waals surface area contributed by atoms with E-state index < -0.39 is 0 Å². The number of hydrogen-bond donors (Lipinski definition) is 0. The predicted octanol–water partition coefficient (Wildman–Crippen LogP) is 3.28. The van der Waals surface area contributed by atoms with Gasteiger partial charge in [0.2, 0.25) is 0 Å². The minimum absolute atomic E-state index is 0.251. The van der Waals surface area contributed by atoms with Crippen molar-refractivity contribution in [3.05, 3.63) is 29.8 Å². The summed E-state index contributed by atoms with van der Waals surface area (Å²) in [4.78, 5) is 15.1. The number of nitrogens with zero attached hydrogens (tertiary/aromatic N) is 1. The third kappa shape index (κ3) is 2.47. The Morgan fingerprint density at radius 1 is 1.25 bits per heavy atom. The second-order valence-electron chi connectivity index (χ2n) is 6.31. The van der Waals surface area contributed by atoms with Crippen LogP contribution in [0.1, 0.15) is 48.9 Å². The van der Waals surface area contributed by atoms with Crippen LogP contribution in [0.2, 0.25) is 0 Å². The smallest absolute Gasteiger partial charge is 0.183 e. The molecular weight excluding hydrogens is 250 g/mol. The minimum Gasteiger partial charge on any atom is -0.490 e. The molecule has 0 unspecified atom stereocenters. The zero-order chi connectivity index (χ0) is 14.2. The molecule has 3 rings (SSSR count). The van der Waals surface area contributed by atoms with Gasteiger partial charge in [0.1, 0.15) is 5.75 Å². The van der Waals surface area contributed by atoms with Gasteiger partial charge in [-0.2, -0.15) is 0 Å². The highest BCUT2D eigenvalue weighted by Crippen LogP contribution is 2.37. The maximum absolute atomic E-state index is 13.0. The van der Waals surface area contributed by atoms with Gasteiger partial charge in [-0.05, 0) is 51.9 Å². The molecule has 20 heavy (non-hydrogen) atoms. The van der Waals surface area contributed by atoms with Crippen LogP contribution in [0.15, 0.2) is 24.3 Å². The molecule has 3 heteroatoms. The maximum Gasteiger partial charge on any atom is 0.183 e. The first-order chi connectivity index (χ1) is 9.62. The molecule has 2 fully saturated rings. The van der Waals surface area contributed by atoms with Crippen molar-refractivity contribution in [2.24, 2.45) is 0 Å². The monoisotopic (exact) mass is 273 g/mol. The molecular formula is C17H23NO2. The molecule has 2 saturated carbocycles. The fourth-order valence-corrected chi connectivity index (χ4v) is 3.19. The Labute approximate surface area is 120 Å². The first kappa shape index (κ1) is 13.6. The highest BCUT2D eigenvalue weighted by atomic mass is 16.5. The van der Waals surface area contributed by atoms with Gasteiger partial charge in [-0.15, -0.1) is 0 Å². The van der Waals surface area contributed by atoms with Gasteiger partial charge < -0.3 is 4.74 Å². The van der Waals surface area contributed by atoms with E-state index in [0.717, 1.165) is 49.8 Å². The van der Waals surface area contributed by atoms with E-state index in [-0.39, 0.29) is 11.3 Å². The fourth-order valence-electron chi connectivity index (χ4n) is 3.19. The van der Waals surface area contributed by atoms with Gasteiger partial charge in [-0.1, -0.05) is 25.0 Å². The van der Waals surface area contributed by atoms with Crippen LogP contribution in [-0.2, 0) is 0 Å². The van der Waals surface area contributed by atoms with Crippen molar-refractivity contribution in [1.29, 1.82) is 0 Å². The molecule has 1 aromatic rings. The lowest BCUT2D eigenvalue weighted by Crippen LogP contribution is -2.48. The molecule has 0 N–H and O–H groups in total. The van der Waals surface area contributed by atoms with Crippen LogP contribution in [-0.4, -0.2) is 36.4 Å². The summed E-state index contributed by atoms with van der Waals surface area (Å²) in [6, 6.07) is 7.73. The number of carbonyl (C=O) groups is 1. The molecule has 2 aliphatic rings. The maximum atomic E-state index is 13.0. The highest BCUT2D eigenvalue weighted by molar-refractivity contribution is 6.03. The first-order valence-corrected chi connectivity index (χ1v) is 7.61. The fraction of sp³-hybridized carbons (Fsp3) is 0.588. The Morgan fingerprint density at radius 2 is 1.95 bits per heavy atom. The number of benzene rings is 1. The molecule has 2 aliphatic carbocycles. The van der Waals surface area contributed by atoms with Crippen molar-refractivity contribution >= 4 is 5.78 Å². The molecule has 0 aromatic heterocycles. The van der Waals surface area contributed by atoms with Crippen molar-refractivity contribution in [1.82, 2.24) is 4.90 Å². The number of ketones is 1. The van der Waals surface area contributed by atoms with Crippen molar-refractivity contribution in [2.45, 2.75) is 50.2 Å². The van der Waals surface area contributed by atoms with Gasteiger partial charge in [0.05, 0.1) is 11.6 Å². The van der Waals surface area contributed by atoms with E-state index in [0.29, 0.717) is 6.10 Å². The summed E-state index contributed by atoms with van der Waals surface area (Å²) in [5.41, 5.74) is 0.483. The van der Waals surface area contributed by atoms with E-state index in [9.17, 15) is 4.79 Å². The molecule has 0 bridgehead atoms. The van der Waals surface area contributed by atoms with E-state index in [1.807, 2.05) is 38.4 Å². The van der Waals surface area contributed by atoms with Crippen LogP contribution < -0.4 is 4.74 Å². The van der Waals surface area contributed by atoms with Crippen LogP contribution in [0.3, 0.4) is 0 Å². The SMILES string of the molecule is CN(C)C1(C(=O)c2cccc(OC3CC3)c2)CCCC1. The number of rotatable bonds is 5. The summed E-state index contributed by atoms with van der Waals surface area (Å²) in [5.74, 6) is 1.09. The molecule has 0 spiro atoms. The van der Waals surface area contributed by atoms with Crippen molar-refractivity contribution in [3.8, 4) is 5.75 Å². The first-order valence-electron chi connectivity index (χ1n) is 7.61. The number of hydrogen-bond acceptors (Lipinski definition) is 3. The number of ether oxygens (including phenoxy) is 1. The van der Waals surface area contributed by atoms with E-state index in [1.165, 1.54) is 0 Å². The van der Waals surface area contributed by atoms with Gasteiger partial charge in [0.15, 0.2) is 5.78 Å². The summed E-state index contributed by atoms with van der Waals surface area (Å²) in [5, 5.41) is 0.